The summed E-state index contributed by atoms with van der Waals surface area (Å²) in [5.74, 6) is 2.78. The normalized spacial score (nSPS) is 20.7. The van der Waals surface area contributed by atoms with E-state index in [-0.39, 0.29) is 17.0 Å². The van der Waals surface area contributed by atoms with Gasteiger partial charge in [0.05, 0.1) is 5.69 Å². The van der Waals surface area contributed by atoms with Crippen molar-refractivity contribution in [2.24, 2.45) is 17.8 Å². The van der Waals surface area contributed by atoms with Crippen LogP contribution in [0, 0.1) is 17.8 Å². The summed E-state index contributed by atoms with van der Waals surface area (Å²) in [5, 5.41) is 6.89. The number of nitrogens with one attached hydrogen (secondary N) is 2. The molecule has 0 amide bonds. The Balaban J connectivity index is 1.37. The van der Waals surface area contributed by atoms with Gasteiger partial charge in [-0.05, 0) is 48.0 Å². The van der Waals surface area contributed by atoms with Crippen LogP contribution in [0.3, 0.4) is 0 Å². The van der Waals surface area contributed by atoms with E-state index in [4.69, 9.17) is 4.98 Å². The summed E-state index contributed by atoms with van der Waals surface area (Å²) in [6.45, 7) is 11.8. The summed E-state index contributed by atoms with van der Waals surface area (Å²) in [6, 6.07) is 10.3. The van der Waals surface area contributed by atoms with E-state index in [0.29, 0.717) is 30.0 Å². The molecule has 1 fully saturated rings. The molecule has 0 saturated heterocycles. The molecule has 2 atom stereocenters. The smallest absolute Gasteiger partial charge is 0.274 e. The predicted octanol–water partition coefficient (Wildman–Crippen LogP) is 5.80. The van der Waals surface area contributed by atoms with Gasteiger partial charge in [0.15, 0.2) is 5.82 Å². The SMILES string of the molecule is CCC(C)(C)c1ccc(-c2nc3nc(CNC4C(C(C)C)=CC=CC4C4CCC4)cc(=O)n3[nH]2)cc1. The number of H-pyrrole nitrogens is 1. The van der Waals surface area contributed by atoms with E-state index in [9.17, 15) is 4.79 Å². The molecule has 2 aromatic heterocycles. The summed E-state index contributed by atoms with van der Waals surface area (Å²) >= 11 is 0. The highest BCUT2D eigenvalue weighted by Crippen LogP contribution is 2.40. The molecular weight excluding hydrogens is 446 g/mol. The second-order valence-electron chi connectivity index (χ2n) is 11.4. The van der Waals surface area contributed by atoms with Crippen LogP contribution in [0.15, 0.2) is 58.9 Å². The molecule has 5 rings (SSSR count). The van der Waals surface area contributed by atoms with Gasteiger partial charge in [0, 0.05) is 24.2 Å². The molecule has 2 heterocycles. The van der Waals surface area contributed by atoms with Crippen molar-refractivity contribution in [1.29, 1.82) is 0 Å². The van der Waals surface area contributed by atoms with Gasteiger partial charge in [-0.15, -0.1) is 0 Å². The zero-order valence-corrected chi connectivity index (χ0v) is 22.2. The molecule has 1 aromatic carbocycles. The Labute approximate surface area is 213 Å². The lowest BCUT2D eigenvalue weighted by molar-refractivity contribution is 0.204. The summed E-state index contributed by atoms with van der Waals surface area (Å²) < 4.78 is 1.43. The first-order valence-electron chi connectivity index (χ1n) is 13.5. The summed E-state index contributed by atoms with van der Waals surface area (Å²) in [4.78, 5) is 22.3. The number of hydrogen-bond acceptors (Lipinski definition) is 4. The van der Waals surface area contributed by atoms with Crippen LogP contribution in [0.4, 0.5) is 0 Å². The minimum atomic E-state index is -0.141. The van der Waals surface area contributed by atoms with E-state index in [1.54, 1.807) is 6.07 Å². The Morgan fingerprint density at radius 2 is 1.92 bits per heavy atom. The second-order valence-corrected chi connectivity index (χ2v) is 11.4. The molecule has 0 spiro atoms. The number of rotatable bonds is 8. The lowest BCUT2D eigenvalue weighted by Gasteiger charge is -2.41. The maximum atomic E-state index is 12.9. The molecular formula is C30H39N5O. The van der Waals surface area contributed by atoms with E-state index in [0.717, 1.165) is 23.6 Å². The van der Waals surface area contributed by atoms with Crippen LogP contribution in [-0.2, 0) is 12.0 Å². The van der Waals surface area contributed by atoms with Crippen molar-refractivity contribution in [3.63, 3.8) is 0 Å². The van der Waals surface area contributed by atoms with E-state index in [1.807, 2.05) is 0 Å². The molecule has 190 valence electrons. The molecule has 0 aliphatic heterocycles. The average Bonchev–Trinajstić information content (AvgIpc) is 3.27. The molecule has 2 unspecified atom stereocenters. The quantitative estimate of drug-likeness (QED) is 0.423. The second kappa shape index (κ2) is 9.81. The van der Waals surface area contributed by atoms with E-state index < -0.39 is 0 Å². The number of nitrogens with zero attached hydrogens (tertiary/aromatic N) is 3. The summed E-state index contributed by atoms with van der Waals surface area (Å²) in [6.07, 6.45) is 11.9. The number of aromatic nitrogens is 4. The van der Waals surface area contributed by atoms with Gasteiger partial charge in [0.25, 0.3) is 11.3 Å². The van der Waals surface area contributed by atoms with Crippen LogP contribution in [0.5, 0.6) is 0 Å². The van der Waals surface area contributed by atoms with Crippen LogP contribution >= 0.6 is 0 Å². The number of benzene rings is 1. The molecule has 0 bridgehead atoms. The van der Waals surface area contributed by atoms with Crippen LogP contribution in [-0.4, -0.2) is 25.6 Å². The largest absolute Gasteiger partial charge is 0.304 e. The first-order valence-corrected chi connectivity index (χ1v) is 13.5. The highest BCUT2D eigenvalue weighted by Gasteiger charge is 2.35. The summed E-state index contributed by atoms with van der Waals surface area (Å²) in [5.41, 5.74) is 4.38. The minimum absolute atomic E-state index is 0.128. The molecule has 6 heteroatoms. The molecule has 6 nitrogen and oxygen atoms in total. The number of hydrogen-bond donors (Lipinski definition) is 2. The van der Waals surface area contributed by atoms with Crippen molar-refractivity contribution < 1.29 is 0 Å². The van der Waals surface area contributed by atoms with Crippen LogP contribution in [0.2, 0.25) is 0 Å². The molecule has 3 aromatic rings. The summed E-state index contributed by atoms with van der Waals surface area (Å²) in [7, 11) is 0. The monoisotopic (exact) mass is 485 g/mol. The third-order valence-corrected chi connectivity index (χ3v) is 8.44. The van der Waals surface area contributed by atoms with Gasteiger partial charge in [-0.25, -0.2) is 4.98 Å². The highest BCUT2D eigenvalue weighted by atomic mass is 16.1. The molecule has 2 N–H and O–H groups in total. The number of allylic oxidation sites excluding steroid dienone is 2. The van der Waals surface area contributed by atoms with Crippen LogP contribution in [0.1, 0.15) is 71.6 Å². The Bertz CT molecular complexity index is 1340. The zero-order valence-electron chi connectivity index (χ0n) is 22.2. The number of aromatic amines is 1. The molecule has 36 heavy (non-hydrogen) atoms. The van der Waals surface area contributed by atoms with Crippen molar-refractivity contribution in [1.82, 2.24) is 24.9 Å². The Hall–Kier alpha value is -2.99. The van der Waals surface area contributed by atoms with Crippen LogP contribution in [0.25, 0.3) is 17.2 Å². The van der Waals surface area contributed by atoms with Crippen molar-refractivity contribution >= 4 is 5.78 Å². The van der Waals surface area contributed by atoms with Gasteiger partial charge in [-0.3, -0.25) is 9.89 Å². The maximum absolute atomic E-state index is 12.9. The Kier molecular flexibility index (Phi) is 6.73. The van der Waals surface area contributed by atoms with E-state index in [2.05, 4.69) is 92.5 Å². The van der Waals surface area contributed by atoms with Crippen molar-refractivity contribution in [3.8, 4) is 11.4 Å². The van der Waals surface area contributed by atoms with Crippen LogP contribution < -0.4 is 10.9 Å². The van der Waals surface area contributed by atoms with Crippen molar-refractivity contribution in [3.05, 3.63) is 75.7 Å². The number of fused-ring (bicyclic) bond motifs is 1. The van der Waals surface area contributed by atoms with Gasteiger partial charge in [-0.2, -0.15) is 9.50 Å². The molecule has 2 aliphatic rings. The van der Waals surface area contributed by atoms with Gasteiger partial charge in [-0.1, -0.05) is 89.1 Å². The first-order chi connectivity index (χ1) is 17.3. The average molecular weight is 486 g/mol. The minimum Gasteiger partial charge on any atom is -0.304 e. The Morgan fingerprint density at radius 1 is 1.17 bits per heavy atom. The maximum Gasteiger partial charge on any atom is 0.274 e. The standard InChI is InChI=1S/C30H39N5O/c1-6-30(4,5)22-15-13-21(14-16-22)28-33-29-32-23(17-26(36)35(29)34-28)18-31-27-24(19(2)3)11-8-12-25(27)20-9-7-10-20/h8,11-17,19-20,25,27,31H,6-7,9-10,18H2,1-5H3,(H,32,33,34). The third kappa shape index (κ3) is 4.71. The van der Waals surface area contributed by atoms with Gasteiger partial charge < -0.3 is 5.32 Å². The molecule has 1 saturated carbocycles. The molecule has 0 radical (unpaired) electrons. The predicted molar refractivity (Wildman–Crippen MR) is 146 cm³/mol. The van der Waals surface area contributed by atoms with E-state index in [1.165, 1.54) is 34.9 Å². The third-order valence-electron chi connectivity index (χ3n) is 8.44. The van der Waals surface area contributed by atoms with Gasteiger partial charge >= 0.3 is 0 Å². The fourth-order valence-electron chi connectivity index (χ4n) is 5.44. The topological polar surface area (TPSA) is 75.1 Å². The first kappa shape index (κ1) is 24.7. The lowest BCUT2D eigenvalue weighted by atomic mass is 9.68. The zero-order chi connectivity index (χ0) is 25.4. The van der Waals surface area contributed by atoms with Crippen molar-refractivity contribution in [2.45, 2.75) is 78.3 Å². The lowest BCUT2D eigenvalue weighted by Crippen LogP contribution is -2.44. The fourth-order valence-corrected chi connectivity index (χ4v) is 5.44. The fraction of sp³-hybridized carbons (Fsp3) is 0.500. The Morgan fingerprint density at radius 3 is 2.56 bits per heavy atom. The van der Waals surface area contributed by atoms with Gasteiger partial charge in [0.1, 0.15) is 0 Å². The highest BCUT2D eigenvalue weighted by molar-refractivity contribution is 5.57. The van der Waals surface area contributed by atoms with Gasteiger partial charge in [0.2, 0.25) is 0 Å². The van der Waals surface area contributed by atoms with E-state index >= 15 is 0 Å². The molecule has 2 aliphatic carbocycles. The van der Waals surface area contributed by atoms with Crippen molar-refractivity contribution in [2.75, 3.05) is 0 Å².